The molecule has 0 aromatic heterocycles. The quantitative estimate of drug-likeness (QED) is 0.757. The van der Waals surface area contributed by atoms with Crippen LogP contribution >= 0.6 is 0 Å². The number of nitrogens with one attached hydrogen (secondary N) is 2. The number of rotatable bonds is 4. The van der Waals surface area contributed by atoms with Crippen molar-refractivity contribution in [3.05, 3.63) is 35.4 Å². The van der Waals surface area contributed by atoms with Gasteiger partial charge in [-0.05, 0) is 25.8 Å². The Bertz CT molecular complexity index is 385. The lowest BCUT2D eigenvalue weighted by Crippen LogP contribution is -2.40. The predicted molar refractivity (Wildman–Crippen MR) is 66.6 cm³/mol. The molecule has 92 valence electrons. The van der Waals surface area contributed by atoms with Crippen molar-refractivity contribution in [1.29, 1.82) is 0 Å². The maximum absolute atomic E-state index is 11.3. The van der Waals surface area contributed by atoms with Crippen LogP contribution in [0.1, 0.15) is 18.1 Å². The number of benzene rings is 1. The van der Waals surface area contributed by atoms with E-state index < -0.39 is 11.8 Å². The van der Waals surface area contributed by atoms with Gasteiger partial charge in [-0.2, -0.15) is 0 Å². The van der Waals surface area contributed by atoms with E-state index in [1.165, 1.54) is 5.56 Å². The van der Waals surface area contributed by atoms with Crippen molar-refractivity contribution < 1.29 is 9.59 Å². The molecule has 0 aliphatic rings. The van der Waals surface area contributed by atoms with Crippen molar-refractivity contribution in [3.63, 3.8) is 0 Å². The van der Waals surface area contributed by atoms with Gasteiger partial charge in [0, 0.05) is 13.1 Å². The minimum atomic E-state index is -0.573. The third-order valence-corrected chi connectivity index (χ3v) is 2.36. The van der Waals surface area contributed by atoms with Crippen LogP contribution in [0.15, 0.2) is 24.3 Å². The third kappa shape index (κ3) is 4.68. The summed E-state index contributed by atoms with van der Waals surface area (Å²) in [4.78, 5) is 22.4. The fourth-order valence-corrected chi connectivity index (χ4v) is 1.40. The molecule has 0 unspecified atom stereocenters. The van der Waals surface area contributed by atoms with E-state index in [0.717, 1.165) is 12.0 Å². The third-order valence-electron chi connectivity index (χ3n) is 2.36. The number of carbonyl (C=O) groups excluding carboxylic acids is 2. The summed E-state index contributed by atoms with van der Waals surface area (Å²) in [5, 5.41) is 5.03. The lowest BCUT2D eigenvalue weighted by Gasteiger charge is -2.05. The van der Waals surface area contributed by atoms with Gasteiger partial charge in [-0.3, -0.25) is 9.59 Å². The van der Waals surface area contributed by atoms with Gasteiger partial charge < -0.3 is 10.6 Å². The Morgan fingerprint density at radius 1 is 1.06 bits per heavy atom. The molecule has 0 atom stereocenters. The molecule has 0 heterocycles. The number of carbonyl (C=O) groups is 2. The summed E-state index contributed by atoms with van der Waals surface area (Å²) < 4.78 is 0. The molecule has 1 aromatic carbocycles. The Morgan fingerprint density at radius 2 is 1.65 bits per heavy atom. The number of aryl methyl sites for hydroxylation is 1. The minimum Gasteiger partial charge on any atom is -0.348 e. The molecule has 0 aliphatic heterocycles. The van der Waals surface area contributed by atoms with Crippen LogP contribution in [0.3, 0.4) is 0 Å². The van der Waals surface area contributed by atoms with E-state index in [1.54, 1.807) is 6.92 Å². The summed E-state index contributed by atoms with van der Waals surface area (Å²) in [5.41, 5.74) is 2.35. The van der Waals surface area contributed by atoms with E-state index in [0.29, 0.717) is 13.1 Å². The Balaban J connectivity index is 2.30. The monoisotopic (exact) mass is 234 g/mol. The molecule has 0 spiro atoms. The SMILES string of the molecule is CCNC(=O)C(=O)NCCc1ccc(C)cc1. The van der Waals surface area contributed by atoms with Gasteiger partial charge in [0.1, 0.15) is 0 Å². The van der Waals surface area contributed by atoms with E-state index >= 15 is 0 Å². The van der Waals surface area contributed by atoms with Crippen molar-refractivity contribution in [2.24, 2.45) is 0 Å². The maximum Gasteiger partial charge on any atom is 0.309 e. The van der Waals surface area contributed by atoms with Crippen LogP contribution < -0.4 is 10.6 Å². The molecule has 17 heavy (non-hydrogen) atoms. The Kier molecular flexibility index (Phi) is 5.20. The molecule has 0 saturated heterocycles. The second kappa shape index (κ2) is 6.68. The van der Waals surface area contributed by atoms with E-state index in [2.05, 4.69) is 10.6 Å². The normalized spacial score (nSPS) is 9.76. The van der Waals surface area contributed by atoms with E-state index in [9.17, 15) is 9.59 Å². The molecule has 4 nitrogen and oxygen atoms in total. The minimum absolute atomic E-state index is 0.463. The molecule has 0 fully saturated rings. The highest BCUT2D eigenvalue weighted by atomic mass is 16.2. The number of hydrogen-bond acceptors (Lipinski definition) is 2. The van der Waals surface area contributed by atoms with Gasteiger partial charge in [0.25, 0.3) is 0 Å². The van der Waals surface area contributed by atoms with Crippen molar-refractivity contribution in [2.45, 2.75) is 20.3 Å². The van der Waals surface area contributed by atoms with E-state index in [1.807, 2.05) is 31.2 Å². The molecule has 1 aromatic rings. The zero-order valence-electron chi connectivity index (χ0n) is 10.2. The molecule has 2 amide bonds. The van der Waals surface area contributed by atoms with Gasteiger partial charge in [0.2, 0.25) is 0 Å². The first-order chi connectivity index (χ1) is 8.13. The van der Waals surface area contributed by atoms with Gasteiger partial charge >= 0.3 is 11.8 Å². The summed E-state index contributed by atoms with van der Waals surface area (Å²) in [5.74, 6) is -1.14. The highest BCUT2D eigenvalue weighted by molar-refractivity contribution is 6.35. The summed E-state index contributed by atoms with van der Waals surface area (Å²) in [6.07, 6.45) is 0.728. The van der Waals surface area contributed by atoms with E-state index in [4.69, 9.17) is 0 Å². The van der Waals surface area contributed by atoms with Crippen LogP contribution in [-0.2, 0) is 16.0 Å². The molecule has 0 aliphatic carbocycles. The summed E-state index contributed by atoms with van der Waals surface area (Å²) >= 11 is 0. The first-order valence-electron chi connectivity index (χ1n) is 5.75. The molecule has 0 radical (unpaired) electrons. The van der Waals surface area contributed by atoms with Crippen LogP contribution in [0.4, 0.5) is 0 Å². The van der Waals surface area contributed by atoms with E-state index in [-0.39, 0.29) is 0 Å². The van der Waals surface area contributed by atoms with Crippen LogP contribution in [0.5, 0.6) is 0 Å². The first kappa shape index (κ1) is 13.2. The number of hydrogen-bond donors (Lipinski definition) is 2. The van der Waals surface area contributed by atoms with Gasteiger partial charge in [-0.1, -0.05) is 29.8 Å². The number of likely N-dealkylation sites (N-methyl/N-ethyl adjacent to an activating group) is 1. The Morgan fingerprint density at radius 3 is 2.24 bits per heavy atom. The molecule has 1 rings (SSSR count). The second-order valence-electron chi connectivity index (χ2n) is 3.85. The van der Waals surface area contributed by atoms with Gasteiger partial charge in [-0.25, -0.2) is 0 Å². The van der Waals surface area contributed by atoms with Crippen LogP contribution in [0, 0.1) is 6.92 Å². The summed E-state index contributed by atoms with van der Waals surface area (Å²) in [6, 6.07) is 8.10. The largest absolute Gasteiger partial charge is 0.348 e. The van der Waals surface area contributed by atoms with Gasteiger partial charge in [0.05, 0.1) is 0 Å². The van der Waals surface area contributed by atoms with Gasteiger partial charge in [-0.15, -0.1) is 0 Å². The highest BCUT2D eigenvalue weighted by Crippen LogP contribution is 2.02. The van der Waals surface area contributed by atoms with Gasteiger partial charge in [0.15, 0.2) is 0 Å². The Labute approximate surface area is 101 Å². The van der Waals surface area contributed by atoms with Crippen molar-refractivity contribution in [2.75, 3.05) is 13.1 Å². The molecule has 0 bridgehead atoms. The van der Waals surface area contributed by atoms with Crippen molar-refractivity contribution in [3.8, 4) is 0 Å². The topological polar surface area (TPSA) is 58.2 Å². The zero-order valence-corrected chi connectivity index (χ0v) is 10.2. The molecular formula is C13H18N2O2. The van der Waals surface area contributed by atoms with Crippen LogP contribution in [0.2, 0.25) is 0 Å². The molecule has 4 heteroatoms. The zero-order chi connectivity index (χ0) is 12.7. The summed E-state index contributed by atoms with van der Waals surface area (Å²) in [6.45, 7) is 4.74. The summed E-state index contributed by atoms with van der Waals surface area (Å²) in [7, 11) is 0. The fraction of sp³-hybridized carbons (Fsp3) is 0.385. The average Bonchev–Trinajstić information content (AvgIpc) is 2.32. The average molecular weight is 234 g/mol. The molecule has 0 saturated carbocycles. The standard InChI is InChI=1S/C13H18N2O2/c1-3-14-12(16)13(17)15-9-8-11-6-4-10(2)5-7-11/h4-7H,3,8-9H2,1-2H3,(H,14,16)(H,15,17). The lowest BCUT2D eigenvalue weighted by molar-refractivity contribution is -0.139. The smallest absolute Gasteiger partial charge is 0.309 e. The number of amides is 2. The van der Waals surface area contributed by atoms with Crippen LogP contribution in [0.25, 0.3) is 0 Å². The lowest BCUT2D eigenvalue weighted by atomic mass is 10.1. The second-order valence-corrected chi connectivity index (χ2v) is 3.85. The Hall–Kier alpha value is -1.84. The predicted octanol–water partition coefficient (Wildman–Crippen LogP) is 0.790. The first-order valence-corrected chi connectivity index (χ1v) is 5.75. The van der Waals surface area contributed by atoms with Crippen LogP contribution in [-0.4, -0.2) is 24.9 Å². The molecular weight excluding hydrogens is 216 g/mol. The molecule has 2 N–H and O–H groups in total. The van der Waals surface area contributed by atoms with Crippen molar-refractivity contribution >= 4 is 11.8 Å². The highest BCUT2D eigenvalue weighted by Gasteiger charge is 2.10. The fourth-order valence-electron chi connectivity index (χ4n) is 1.40. The maximum atomic E-state index is 11.3. The van der Waals surface area contributed by atoms with Crippen molar-refractivity contribution in [1.82, 2.24) is 10.6 Å².